The van der Waals surface area contributed by atoms with Gasteiger partial charge in [-0.15, -0.1) is 0 Å². The molecule has 0 spiro atoms. The molecule has 1 aliphatic heterocycles. The quantitative estimate of drug-likeness (QED) is 0.772. The molecule has 1 amide bonds. The van der Waals surface area contributed by atoms with E-state index >= 15 is 0 Å². The van der Waals surface area contributed by atoms with Crippen LogP contribution in [-0.4, -0.2) is 19.0 Å². The minimum Gasteiger partial charge on any atom is -0.326 e. The first-order chi connectivity index (χ1) is 9.29. The Bertz CT molecular complexity index is 394. The monoisotopic (exact) mass is 260 g/mol. The van der Waals surface area contributed by atoms with Crippen molar-refractivity contribution in [1.82, 2.24) is 5.32 Å². The van der Waals surface area contributed by atoms with Gasteiger partial charge in [-0.2, -0.15) is 0 Å². The summed E-state index contributed by atoms with van der Waals surface area (Å²) >= 11 is 0. The van der Waals surface area contributed by atoms with E-state index in [4.69, 9.17) is 0 Å². The van der Waals surface area contributed by atoms with Gasteiger partial charge in [0.25, 0.3) is 0 Å². The summed E-state index contributed by atoms with van der Waals surface area (Å²) in [5, 5.41) is 6.22. The summed E-state index contributed by atoms with van der Waals surface area (Å²) in [6, 6.07) is 8.28. The van der Waals surface area contributed by atoms with Crippen molar-refractivity contribution in [2.75, 3.05) is 18.4 Å². The highest BCUT2D eigenvalue weighted by atomic mass is 16.1. The predicted molar refractivity (Wildman–Crippen MR) is 79.3 cm³/mol. The summed E-state index contributed by atoms with van der Waals surface area (Å²) in [5.74, 6) is 0.271. The van der Waals surface area contributed by atoms with E-state index in [1.54, 1.807) is 0 Å². The maximum Gasteiger partial charge on any atom is 0.228 e. The first-order valence-corrected chi connectivity index (χ1v) is 7.40. The molecule has 0 saturated carbocycles. The summed E-state index contributed by atoms with van der Waals surface area (Å²) in [5.41, 5.74) is 2.27. The van der Waals surface area contributed by atoms with E-state index in [0.717, 1.165) is 31.6 Å². The number of benzene rings is 1. The molecule has 1 heterocycles. The Morgan fingerprint density at radius 1 is 1.32 bits per heavy atom. The van der Waals surface area contributed by atoms with Crippen molar-refractivity contribution < 1.29 is 4.79 Å². The third-order valence-electron chi connectivity index (χ3n) is 3.72. The molecule has 1 unspecified atom stereocenters. The minimum absolute atomic E-state index is 0.129. The van der Waals surface area contributed by atoms with E-state index < -0.39 is 0 Å². The zero-order valence-electron chi connectivity index (χ0n) is 11.7. The number of unbranched alkanes of at least 4 members (excludes halogenated alkanes) is 2. The average molecular weight is 260 g/mol. The van der Waals surface area contributed by atoms with Gasteiger partial charge in [0.1, 0.15) is 0 Å². The molecule has 1 saturated heterocycles. The van der Waals surface area contributed by atoms with Gasteiger partial charge in [-0.1, -0.05) is 31.9 Å². The summed E-state index contributed by atoms with van der Waals surface area (Å²) in [6.07, 6.45) is 5.86. The van der Waals surface area contributed by atoms with Gasteiger partial charge in [0, 0.05) is 12.2 Å². The average Bonchev–Trinajstić information content (AvgIpc) is 2.95. The first kappa shape index (κ1) is 14.1. The molecule has 1 atom stereocenters. The fourth-order valence-electron chi connectivity index (χ4n) is 2.46. The minimum atomic E-state index is 0.129. The van der Waals surface area contributed by atoms with Crippen molar-refractivity contribution in [3.63, 3.8) is 0 Å². The molecule has 104 valence electrons. The molecule has 1 aromatic rings. The van der Waals surface area contributed by atoms with Crippen LogP contribution in [0.25, 0.3) is 0 Å². The molecule has 1 fully saturated rings. The maximum absolute atomic E-state index is 12.0. The van der Waals surface area contributed by atoms with Crippen molar-refractivity contribution in [3.8, 4) is 0 Å². The van der Waals surface area contributed by atoms with Gasteiger partial charge in [0.2, 0.25) is 5.91 Å². The van der Waals surface area contributed by atoms with Crippen molar-refractivity contribution in [1.29, 1.82) is 0 Å². The third-order valence-corrected chi connectivity index (χ3v) is 3.72. The number of rotatable bonds is 6. The molecular formula is C16H24N2O. The van der Waals surface area contributed by atoms with Gasteiger partial charge in [0.05, 0.1) is 5.92 Å². The Kier molecular flexibility index (Phi) is 5.40. The number of anilines is 1. The van der Waals surface area contributed by atoms with Crippen molar-refractivity contribution in [2.45, 2.75) is 39.0 Å². The lowest BCUT2D eigenvalue weighted by molar-refractivity contribution is -0.119. The van der Waals surface area contributed by atoms with Crippen LogP contribution in [0.2, 0.25) is 0 Å². The lowest BCUT2D eigenvalue weighted by atomic mass is 10.1. The van der Waals surface area contributed by atoms with E-state index in [1.165, 1.54) is 24.8 Å². The van der Waals surface area contributed by atoms with Crippen LogP contribution in [0.4, 0.5) is 5.69 Å². The zero-order valence-corrected chi connectivity index (χ0v) is 11.7. The number of carbonyl (C=O) groups excluding carboxylic acids is 1. The maximum atomic E-state index is 12.0. The normalized spacial score (nSPS) is 18.5. The van der Waals surface area contributed by atoms with Crippen LogP contribution >= 0.6 is 0 Å². The Hall–Kier alpha value is -1.35. The smallest absolute Gasteiger partial charge is 0.228 e. The highest BCUT2D eigenvalue weighted by molar-refractivity contribution is 5.92. The lowest BCUT2D eigenvalue weighted by Crippen LogP contribution is -2.24. The summed E-state index contributed by atoms with van der Waals surface area (Å²) in [4.78, 5) is 12.0. The van der Waals surface area contributed by atoms with Gasteiger partial charge in [0.15, 0.2) is 0 Å². The van der Waals surface area contributed by atoms with Gasteiger partial charge < -0.3 is 10.6 Å². The van der Waals surface area contributed by atoms with Crippen LogP contribution in [0, 0.1) is 5.92 Å². The number of nitrogens with one attached hydrogen (secondary N) is 2. The molecule has 0 bridgehead atoms. The number of hydrogen-bond acceptors (Lipinski definition) is 2. The Labute approximate surface area is 115 Å². The lowest BCUT2D eigenvalue weighted by Gasteiger charge is -2.10. The fraction of sp³-hybridized carbons (Fsp3) is 0.562. The van der Waals surface area contributed by atoms with E-state index in [2.05, 4.69) is 29.7 Å². The number of aryl methyl sites for hydroxylation is 1. The van der Waals surface area contributed by atoms with Crippen molar-refractivity contribution >= 4 is 11.6 Å². The topological polar surface area (TPSA) is 41.1 Å². The second kappa shape index (κ2) is 7.29. The van der Waals surface area contributed by atoms with E-state index in [1.807, 2.05) is 12.1 Å². The summed E-state index contributed by atoms with van der Waals surface area (Å²) in [7, 11) is 0. The largest absolute Gasteiger partial charge is 0.326 e. The van der Waals surface area contributed by atoms with Gasteiger partial charge >= 0.3 is 0 Å². The Morgan fingerprint density at radius 3 is 2.74 bits per heavy atom. The van der Waals surface area contributed by atoms with E-state index in [0.29, 0.717) is 0 Å². The Morgan fingerprint density at radius 2 is 2.11 bits per heavy atom. The standard InChI is InChI=1S/C16H24N2O/c1-2-3-4-5-13-6-8-15(9-7-13)18-16(19)14-10-11-17-12-14/h6-9,14,17H,2-5,10-12H2,1H3,(H,18,19). The summed E-state index contributed by atoms with van der Waals surface area (Å²) < 4.78 is 0. The number of hydrogen-bond donors (Lipinski definition) is 2. The van der Waals surface area contributed by atoms with Crippen LogP contribution < -0.4 is 10.6 Å². The molecule has 2 rings (SSSR count). The van der Waals surface area contributed by atoms with Crippen LogP contribution in [0.5, 0.6) is 0 Å². The van der Waals surface area contributed by atoms with Crippen LogP contribution in [0.3, 0.4) is 0 Å². The van der Waals surface area contributed by atoms with Crippen molar-refractivity contribution in [2.24, 2.45) is 5.92 Å². The molecule has 0 aliphatic carbocycles. The Balaban J connectivity index is 1.82. The van der Waals surface area contributed by atoms with Crippen molar-refractivity contribution in [3.05, 3.63) is 29.8 Å². The van der Waals surface area contributed by atoms with Crippen LogP contribution in [0.15, 0.2) is 24.3 Å². The third kappa shape index (κ3) is 4.35. The molecule has 19 heavy (non-hydrogen) atoms. The summed E-state index contributed by atoms with van der Waals surface area (Å²) in [6.45, 7) is 3.98. The van der Waals surface area contributed by atoms with Gasteiger partial charge in [-0.25, -0.2) is 0 Å². The molecule has 3 heteroatoms. The SMILES string of the molecule is CCCCCc1ccc(NC(=O)C2CCNC2)cc1. The second-order valence-corrected chi connectivity index (χ2v) is 5.33. The molecule has 2 N–H and O–H groups in total. The molecule has 0 radical (unpaired) electrons. The van der Waals surface area contributed by atoms with Gasteiger partial charge in [-0.3, -0.25) is 4.79 Å². The molecule has 0 aromatic heterocycles. The van der Waals surface area contributed by atoms with E-state index in [-0.39, 0.29) is 11.8 Å². The zero-order chi connectivity index (χ0) is 13.5. The number of carbonyl (C=O) groups is 1. The number of amides is 1. The highest BCUT2D eigenvalue weighted by Crippen LogP contribution is 2.15. The predicted octanol–water partition coefficient (Wildman–Crippen LogP) is 2.97. The second-order valence-electron chi connectivity index (χ2n) is 5.33. The molecular weight excluding hydrogens is 236 g/mol. The molecule has 1 aliphatic rings. The van der Waals surface area contributed by atoms with E-state index in [9.17, 15) is 4.79 Å². The van der Waals surface area contributed by atoms with Crippen LogP contribution in [-0.2, 0) is 11.2 Å². The molecule has 3 nitrogen and oxygen atoms in total. The van der Waals surface area contributed by atoms with Crippen LogP contribution in [0.1, 0.15) is 38.2 Å². The highest BCUT2D eigenvalue weighted by Gasteiger charge is 2.22. The first-order valence-electron chi connectivity index (χ1n) is 7.40. The fourth-order valence-corrected chi connectivity index (χ4v) is 2.46. The van der Waals surface area contributed by atoms with Gasteiger partial charge in [-0.05, 0) is 43.5 Å². The molecule has 1 aromatic carbocycles.